The SMILES string of the molecule is Cc1nc(C)c(-c2cc(N3CC(c4ccc(C#N)cc4)C3)c(C)cc2C)[nH]1. The van der Waals surface area contributed by atoms with Crippen LogP contribution in [0.15, 0.2) is 36.4 Å². The number of hydrogen-bond donors (Lipinski definition) is 1. The summed E-state index contributed by atoms with van der Waals surface area (Å²) in [6.45, 7) is 10.4. The molecule has 0 saturated carbocycles. The largest absolute Gasteiger partial charge is 0.370 e. The zero-order valence-corrected chi connectivity index (χ0v) is 16.3. The highest BCUT2D eigenvalue weighted by Gasteiger charge is 2.29. The van der Waals surface area contributed by atoms with Gasteiger partial charge in [-0.2, -0.15) is 5.26 Å². The number of H-pyrrole nitrogens is 1. The van der Waals surface area contributed by atoms with E-state index in [0.29, 0.717) is 5.92 Å². The Labute approximate surface area is 160 Å². The van der Waals surface area contributed by atoms with Gasteiger partial charge in [-0.3, -0.25) is 0 Å². The highest BCUT2D eigenvalue weighted by atomic mass is 15.2. The van der Waals surface area contributed by atoms with E-state index in [4.69, 9.17) is 5.26 Å². The van der Waals surface area contributed by atoms with Gasteiger partial charge < -0.3 is 9.88 Å². The molecule has 1 N–H and O–H groups in total. The molecule has 0 spiro atoms. The van der Waals surface area contributed by atoms with Crippen molar-refractivity contribution < 1.29 is 0 Å². The number of hydrogen-bond acceptors (Lipinski definition) is 3. The molecule has 1 aromatic heterocycles. The molecule has 27 heavy (non-hydrogen) atoms. The molecule has 1 aliphatic heterocycles. The van der Waals surface area contributed by atoms with Crippen LogP contribution in [0, 0.1) is 39.0 Å². The van der Waals surface area contributed by atoms with Crippen LogP contribution in [0.5, 0.6) is 0 Å². The molecule has 4 heteroatoms. The molecule has 1 saturated heterocycles. The number of nitrogens with one attached hydrogen (secondary N) is 1. The first kappa shape index (κ1) is 17.4. The van der Waals surface area contributed by atoms with E-state index in [-0.39, 0.29) is 0 Å². The maximum Gasteiger partial charge on any atom is 0.103 e. The molecular weight excluding hydrogens is 332 g/mol. The molecule has 0 amide bonds. The monoisotopic (exact) mass is 356 g/mol. The minimum absolute atomic E-state index is 0.526. The summed E-state index contributed by atoms with van der Waals surface area (Å²) in [5.41, 5.74) is 9.31. The lowest BCUT2D eigenvalue weighted by atomic mass is 9.89. The zero-order chi connectivity index (χ0) is 19.1. The Morgan fingerprint density at radius 3 is 2.33 bits per heavy atom. The van der Waals surface area contributed by atoms with E-state index in [1.165, 1.54) is 27.9 Å². The Kier molecular flexibility index (Phi) is 4.24. The van der Waals surface area contributed by atoms with E-state index in [1.54, 1.807) is 0 Å². The van der Waals surface area contributed by atoms with Gasteiger partial charge in [0, 0.05) is 30.3 Å². The molecule has 4 rings (SSSR count). The molecule has 1 fully saturated rings. The van der Waals surface area contributed by atoms with Crippen LogP contribution in [0.3, 0.4) is 0 Å². The normalized spacial score (nSPS) is 14.1. The zero-order valence-electron chi connectivity index (χ0n) is 16.3. The maximum absolute atomic E-state index is 8.96. The van der Waals surface area contributed by atoms with E-state index in [0.717, 1.165) is 35.9 Å². The Morgan fingerprint density at radius 1 is 1.04 bits per heavy atom. The smallest absolute Gasteiger partial charge is 0.103 e. The Hall–Kier alpha value is -3.06. The van der Waals surface area contributed by atoms with Crippen molar-refractivity contribution in [3.05, 3.63) is 70.2 Å². The fourth-order valence-electron chi connectivity index (χ4n) is 4.04. The molecule has 0 atom stereocenters. The van der Waals surface area contributed by atoms with Crippen LogP contribution in [0.25, 0.3) is 11.3 Å². The quantitative estimate of drug-likeness (QED) is 0.734. The highest BCUT2D eigenvalue weighted by molar-refractivity contribution is 5.73. The second-order valence-electron chi connectivity index (χ2n) is 7.57. The summed E-state index contributed by atoms with van der Waals surface area (Å²) in [5.74, 6) is 1.48. The molecule has 0 radical (unpaired) electrons. The number of rotatable bonds is 3. The lowest BCUT2D eigenvalue weighted by molar-refractivity contribution is 0.524. The van der Waals surface area contributed by atoms with Crippen LogP contribution in [-0.2, 0) is 0 Å². The summed E-state index contributed by atoms with van der Waals surface area (Å²) in [7, 11) is 0. The third-order valence-corrected chi connectivity index (χ3v) is 5.55. The van der Waals surface area contributed by atoms with Crippen LogP contribution in [0.2, 0.25) is 0 Å². The van der Waals surface area contributed by atoms with Crippen molar-refractivity contribution >= 4 is 5.69 Å². The van der Waals surface area contributed by atoms with Gasteiger partial charge in [0.15, 0.2) is 0 Å². The second-order valence-corrected chi connectivity index (χ2v) is 7.57. The van der Waals surface area contributed by atoms with E-state index in [9.17, 15) is 0 Å². The molecule has 2 heterocycles. The van der Waals surface area contributed by atoms with Gasteiger partial charge in [0.1, 0.15) is 5.82 Å². The van der Waals surface area contributed by atoms with Gasteiger partial charge in [-0.1, -0.05) is 18.2 Å². The van der Waals surface area contributed by atoms with Crippen molar-refractivity contribution in [2.45, 2.75) is 33.6 Å². The first-order valence-electron chi connectivity index (χ1n) is 9.36. The molecular formula is C23H24N4. The van der Waals surface area contributed by atoms with Crippen LogP contribution in [0.4, 0.5) is 5.69 Å². The third kappa shape index (κ3) is 3.10. The topological polar surface area (TPSA) is 55.7 Å². The predicted octanol–water partition coefficient (Wildman–Crippen LogP) is 4.79. The van der Waals surface area contributed by atoms with Crippen molar-refractivity contribution in [1.82, 2.24) is 9.97 Å². The van der Waals surface area contributed by atoms with Gasteiger partial charge in [-0.05, 0) is 62.6 Å². The lowest BCUT2D eigenvalue weighted by Crippen LogP contribution is -2.45. The van der Waals surface area contributed by atoms with E-state index in [1.807, 2.05) is 19.1 Å². The summed E-state index contributed by atoms with van der Waals surface area (Å²) in [4.78, 5) is 10.4. The standard InChI is InChI=1S/C23H24N4/c1-14-9-15(2)22(10-21(14)23-16(3)25-17(4)26-23)27-12-20(13-27)19-7-5-18(11-24)6-8-19/h5-10,20H,12-13H2,1-4H3,(H,25,26). The number of aryl methyl sites for hydroxylation is 4. The molecule has 2 aromatic carbocycles. The Morgan fingerprint density at radius 2 is 1.74 bits per heavy atom. The summed E-state index contributed by atoms with van der Waals surface area (Å²) in [6.07, 6.45) is 0. The molecule has 1 aliphatic rings. The Balaban J connectivity index is 1.59. The van der Waals surface area contributed by atoms with Gasteiger partial charge in [-0.15, -0.1) is 0 Å². The van der Waals surface area contributed by atoms with Crippen LogP contribution in [-0.4, -0.2) is 23.1 Å². The maximum atomic E-state index is 8.96. The number of anilines is 1. The van der Waals surface area contributed by atoms with E-state index in [2.05, 4.69) is 66.0 Å². The van der Waals surface area contributed by atoms with Crippen LogP contribution >= 0.6 is 0 Å². The first-order valence-corrected chi connectivity index (χ1v) is 9.36. The van der Waals surface area contributed by atoms with E-state index < -0.39 is 0 Å². The molecule has 4 nitrogen and oxygen atoms in total. The average Bonchev–Trinajstić information content (AvgIpc) is 2.94. The van der Waals surface area contributed by atoms with Crippen molar-refractivity contribution in [1.29, 1.82) is 5.26 Å². The van der Waals surface area contributed by atoms with Crippen molar-refractivity contribution in [3.63, 3.8) is 0 Å². The fraction of sp³-hybridized carbons (Fsp3) is 0.304. The van der Waals surface area contributed by atoms with E-state index >= 15 is 0 Å². The van der Waals surface area contributed by atoms with Crippen LogP contribution < -0.4 is 4.90 Å². The number of benzene rings is 2. The van der Waals surface area contributed by atoms with Crippen molar-refractivity contribution in [2.24, 2.45) is 0 Å². The summed E-state index contributed by atoms with van der Waals surface area (Å²) in [5, 5.41) is 8.96. The van der Waals surface area contributed by atoms with Crippen molar-refractivity contribution in [3.8, 4) is 17.3 Å². The molecule has 136 valence electrons. The highest BCUT2D eigenvalue weighted by Crippen LogP contribution is 2.37. The van der Waals surface area contributed by atoms with Gasteiger partial charge in [0.25, 0.3) is 0 Å². The average molecular weight is 356 g/mol. The summed E-state index contributed by atoms with van der Waals surface area (Å²) >= 11 is 0. The summed E-state index contributed by atoms with van der Waals surface area (Å²) in [6, 6.07) is 14.8. The van der Waals surface area contributed by atoms with Gasteiger partial charge >= 0.3 is 0 Å². The van der Waals surface area contributed by atoms with Gasteiger partial charge in [0.2, 0.25) is 0 Å². The fourth-order valence-corrected chi connectivity index (χ4v) is 4.04. The lowest BCUT2D eigenvalue weighted by Gasteiger charge is -2.42. The van der Waals surface area contributed by atoms with Gasteiger partial charge in [-0.25, -0.2) is 4.98 Å². The number of aromatic nitrogens is 2. The second kappa shape index (κ2) is 6.59. The molecule has 0 unspecified atom stereocenters. The van der Waals surface area contributed by atoms with Gasteiger partial charge in [0.05, 0.1) is 23.0 Å². The molecule has 0 bridgehead atoms. The number of imidazole rings is 1. The predicted molar refractivity (Wildman–Crippen MR) is 109 cm³/mol. The molecule has 3 aromatic rings. The Bertz CT molecular complexity index is 1030. The summed E-state index contributed by atoms with van der Waals surface area (Å²) < 4.78 is 0. The van der Waals surface area contributed by atoms with Crippen LogP contribution in [0.1, 0.15) is 39.7 Å². The number of aromatic amines is 1. The van der Waals surface area contributed by atoms with Crippen molar-refractivity contribution in [2.75, 3.05) is 18.0 Å². The molecule has 0 aliphatic carbocycles. The first-order chi connectivity index (χ1) is 13.0. The number of nitrogens with zero attached hydrogens (tertiary/aromatic N) is 3. The third-order valence-electron chi connectivity index (χ3n) is 5.55. The minimum Gasteiger partial charge on any atom is -0.370 e. The number of nitriles is 1. The minimum atomic E-state index is 0.526.